The smallest absolute Gasteiger partial charge is 0.233 e. The Labute approximate surface area is 215 Å². The number of fused-ring (bicyclic) bond motifs is 2. The number of aromatic nitrogens is 5. The summed E-state index contributed by atoms with van der Waals surface area (Å²) in [5.41, 5.74) is 7.84. The summed E-state index contributed by atoms with van der Waals surface area (Å²) in [5, 5.41) is 3.64. The van der Waals surface area contributed by atoms with Crippen molar-refractivity contribution in [1.82, 2.24) is 24.9 Å². The summed E-state index contributed by atoms with van der Waals surface area (Å²) in [6.07, 6.45) is 8.47. The molecular formula is C24H23FN8O3S. The fourth-order valence-electron chi connectivity index (χ4n) is 4.80. The summed E-state index contributed by atoms with van der Waals surface area (Å²) in [6, 6.07) is 3.63. The summed E-state index contributed by atoms with van der Waals surface area (Å²) in [4.78, 5) is 26.7. The molecule has 0 saturated heterocycles. The lowest BCUT2D eigenvalue weighted by molar-refractivity contribution is 0.253. The second kappa shape index (κ2) is 8.83. The number of pyridine rings is 2. The lowest BCUT2D eigenvalue weighted by Crippen LogP contribution is -2.36. The first kappa shape index (κ1) is 23.4. The standard InChI is InChI=1S/C24H23FN8O3S/c1-23(16-8-24(16,12-25)37-22(26)33-23)14-7-13(9-30-21(14)34-2)31-20-19-15(3-4-28-20)32-17(10-29-19)36-11-18-27-5-6-35-18/h3-7,9-10,16H,8,11-12H2,1-2H3,(H2,26,33)(H,28,31)/t16-,23+,24+/m0/s1. The molecule has 0 amide bonds. The van der Waals surface area contributed by atoms with Gasteiger partial charge in [-0.05, 0) is 25.5 Å². The second-order valence-corrected chi connectivity index (χ2v) is 10.4. The molecular weight excluding hydrogens is 499 g/mol. The van der Waals surface area contributed by atoms with Crippen LogP contribution in [-0.2, 0) is 12.1 Å². The van der Waals surface area contributed by atoms with E-state index in [0.29, 0.717) is 51.8 Å². The highest BCUT2D eigenvalue weighted by Crippen LogP contribution is 2.66. The molecule has 13 heteroatoms. The van der Waals surface area contributed by atoms with Crippen LogP contribution in [0.5, 0.6) is 11.8 Å². The highest BCUT2D eigenvalue weighted by molar-refractivity contribution is 8.15. The Morgan fingerprint density at radius 3 is 2.92 bits per heavy atom. The van der Waals surface area contributed by atoms with Crippen LogP contribution in [0.15, 0.2) is 52.6 Å². The summed E-state index contributed by atoms with van der Waals surface area (Å²) in [5.74, 6) is 1.64. The van der Waals surface area contributed by atoms with Crippen molar-refractivity contribution >= 4 is 39.5 Å². The Morgan fingerprint density at radius 1 is 1.24 bits per heavy atom. The van der Waals surface area contributed by atoms with Gasteiger partial charge in [0.1, 0.15) is 18.5 Å². The third kappa shape index (κ3) is 4.08. The summed E-state index contributed by atoms with van der Waals surface area (Å²) < 4.78 is 29.8. The number of hydrogen-bond acceptors (Lipinski definition) is 12. The molecule has 4 aromatic rings. The van der Waals surface area contributed by atoms with Gasteiger partial charge in [-0.2, -0.15) is 0 Å². The minimum atomic E-state index is -0.779. The van der Waals surface area contributed by atoms with Crippen LogP contribution in [0.4, 0.5) is 15.9 Å². The topological polar surface area (TPSA) is 146 Å². The highest BCUT2D eigenvalue weighted by atomic mass is 32.2. The number of ether oxygens (including phenoxy) is 2. The van der Waals surface area contributed by atoms with Gasteiger partial charge in [0.05, 0.1) is 47.2 Å². The molecule has 1 fully saturated rings. The van der Waals surface area contributed by atoms with Gasteiger partial charge in [0.25, 0.3) is 0 Å². The number of halogens is 1. The molecule has 6 rings (SSSR count). The molecule has 37 heavy (non-hydrogen) atoms. The van der Waals surface area contributed by atoms with Crippen molar-refractivity contribution in [3.63, 3.8) is 0 Å². The van der Waals surface area contributed by atoms with E-state index in [1.165, 1.54) is 24.2 Å². The largest absolute Gasteiger partial charge is 0.481 e. The SMILES string of the molecule is COc1ncc(Nc2nccc3nc(OCc4ncco4)cnc23)cc1[C@@]1(C)N=C(N)S[C@@]2(CF)C[C@H]21. The highest BCUT2D eigenvalue weighted by Gasteiger charge is 2.67. The number of rotatable bonds is 8. The van der Waals surface area contributed by atoms with Crippen LogP contribution in [0.1, 0.15) is 24.8 Å². The number of aliphatic imine (C=N–C) groups is 1. The van der Waals surface area contributed by atoms with E-state index in [1.807, 2.05) is 13.0 Å². The normalized spacial score (nSPS) is 24.3. The van der Waals surface area contributed by atoms with Gasteiger partial charge in [-0.1, -0.05) is 11.8 Å². The van der Waals surface area contributed by atoms with Gasteiger partial charge < -0.3 is 24.9 Å². The number of nitrogens with two attached hydrogens (primary N) is 1. The summed E-state index contributed by atoms with van der Waals surface area (Å²) in [7, 11) is 1.55. The maximum absolute atomic E-state index is 14.0. The second-order valence-electron chi connectivity index (χ2n) is 9.01. The zero-order chi connectivity index (χ0) is 25.6. The number of amidine groups is 1. The lowest BCUT2D eigenvalue weighted by atomic mass is 9.86. The Kier molecular flexibility index (Phi) is 5.59. The van der Waals surface area contributed by atoms with Crippen molar-refractivity contribution in [3.8, 4) is 11.8 Å². The molecule has 0 radical (unpaired) electrons. The molecule has 1 aliphatic heterocycles. The molecule has 0 unspecified atom stereocenters. The third-order valence-electron chi connectivity index (χ3n) is 6.70. The predicted octanol–water partition coefficient (Wildman–Crippen LogP) is 3.74. The zero-order valence-corrected chi connectivity index (χ0v) is 20.8. The van der Waals surface area contributed by atoms with Crippen molar-refractivity contribution in [1.29, 1.82) is 0 Å². The number of hydrogen-bond donors (Lipinski definition) is 2. The third-order valence-corrected chi connectivity index (χ3v) is 7.96. The van der Waals surface area contributed by atoms with Gasteiger partial charge in [-0.25, -0.2) is 29.3 Å². The molecule has 0 spiro atoms. The summed E-state index contributed by atoms with van der Waals surface area (Å²) in [6.45, 7) is 1.62. The van der Waals surface area contributed by atoms with E-state index in [9.17, 15) is 4.39 Å². The van der Waals surface area contributed by atoms with Gasteiger partial charge in [0.15, 0.2) is 17.6 Å². The molecule has 190 valence electrons. The number of nitrogens with one attached hydrogen (secondary N) is 1. The van der Waals surface area contributed by atoms with Gasteiger partial charge in [-0.3, -0.25) is 4.99 Å². The van der Waals surface area contributed by atoms with E-state index in [1.54, 1.807) is 31.8 Å². The minimum Gasteiger partial charge on any atom is -0.481 e. The van der Waals surface area contributed by atoms with Crippen molar-refractivity contribution in [2.45, 2.75) is 30.2 Å². The van der Waals surface area contributed by atoms with Crippen LogP contribution in [0, 0.1) is 5.92 Å². The van der Waals surface area contributed by atoms with E-state index in [-0.39, 0.29) is 12.5 Å². The number of anilines is 2. The predicted molar refractivity (Wildman–Crippen MR) is 136 cm³/mol. The fraction of sp³-hybridized carbons (Fsp3) is 0.333. The molecule has 5 heterocycles. The number of nitrogens with zero attached hydrogens (tertiary/aromatic N) is 6. The van der Waals surface area contributed by atoms with Gasteiger partial charge in [0, 0.05) is 17.7 Å². The first-order valence-electron chi connectivity index (χ1n) is 11.5. The Balaban J connectivity index is 1.30. The van der Waals surface area contributed by atoms with E-state index >= 15 is 0 Å². The van der Waals surface area contributed by atoms with E-state index in [4.69, 9.17) is 24.6 Å². The van der Waals surface area contributed by atoms with Gasteiger partial charge in [0.2, 0.25) is 17.7 Å². The quantitative estimate of drug-likeness (QED) is 0.349. The average Bonchev–Trinajstić information content (AvgIpc) is 3.41. The maximum atomic E-state index is 14.0. The van der Waals surface area contributed by atoms with Crippen LogP contribution in [0.2, 0.25) is 0 Å². The Hall–Kier alpha value is -4.00. The minimum absolute atomic E-state index is 0.0235. The average molecular weight is 523 g/mol. The first-order chi connectivity index (χ1) is 17.9. The number of alkyl halides is 1. The molecule has 1 aliphatic carbocycles. The van der Waals surface area contributed by atoms with Gasteiger partial charge >= 0.3 is 0 Å². The van der Waals surface area contributed by atoms with E-state index in [0.717, 1.165) is 5.56 Å². The molecule has 3 N–H and O–H groups in total. The molecule has 0 bridgehead atoms. The Morgan fingerprint density at radius 2 is 2.14 bits per heavy atom. The molecule has 11 nitrogen and oxygen atoms in total. The summed E-state index contributed by atoms with van der Waals surface area (Å²) >= 11 is 1.32. The van der Waals surface area contributed by atoms with E-state index in [2.05, 4.69) is 30.2 Å². The Bertz CT molecular complexity index is 1500. The number of methoxy groups -OCH3 is 1. The van der Waals surface area contributed by atoms with Crippen LogP contribution in [0.25, 0.3) is 11.0 Å². The molecule has 2 aliphatic rings. The molecule has 0 aromatic carbocycles. The zero-order valence-electron chi connectivity index (χ0n) is 20.0. The number of oxazole rings is 1. The van der Waals surface area contributed by atoms with Crippen LogP contribution < -0.4 is 20.5 Å². The van der Waals surface area contributed by atoms with Crippen molar-refractivity contribution in [2.24, 2.45) is 16.6 Å². The maximum Gasteiger partial charge on any atom is 0.233 e. The van der Waals surface area contributed by atoms with Gasteiger partial charge in [-0.15, -0.1) is 0 Å². The van der Waals surface area contributed by atoms with E-state index < -0.39 is 17.0 Å². The fourth-order valence-corrected chi connectivity index (χ4v) is 6.13. The molecule has 3 atom stereocenters. The van der Waals surface area contributed by atoms with Crippen LogP contribution >= 0.6 is 11.8 Å². The monoisotopic (exact) mass is 522 g/mol. The van der Waals surface area contributed by atoms with Crippen molar-refractivity contribution in [2.75, 3.05) is 19.1 Å². The molecule has 1 saturated carbocycles. The molecule has 4 aromatic heterocycles. The van der Waals surface area contributed by atoms with Crippen molar-refractivity contribution in [3.05, 3.63) is 54.6 Å². The number of thioether (sulfide) groups is 1. The first-order valence-corrected chi connectivity index (χ1v) is 12.3. The van der Waals surface area contributed by atoms with Crippen LogP contribution in [-0.4, -0.2) is 48.6 Å². The van der Waals surface area contributed by atoms with Crippen molar-refractivity contribution < 1.29 is 18.3 Å². The van der Waals surface area contributed by atoms with Crippen LogP contribution in [0.3, 0.4) is 0 Å². The lowest BCUT2D eigenvalue weighted by Gasteiger charge is -2.33.